The number of aliphatic imine (C=N–C) groups is 1. The molecule has 0 saturated carbocycles. The number of rotatable bonds is 6. The van der Waals surface area contributed by atoms with Gasteiger partial charge in [0.1, 0.15) is 5.82 Å². The predicted octanol–water partition coefficient (Wildman–Crippen LogP) is 3.17. The number of halogens is 2. The number of hydrogen-bond acceptors (Lipinski definition) is 2. The van der Waals surface area contributed by atoms with Crippen LogP contribution in [0.5, 0.6) is 0 Å². The van der Waals surface area contributed by atoms with E-state index in [0.717, 1.165) is 25.5 Å². The summed E-state index contributed by atoms with van der Waals surface area (Å²) in [4.78, 5) is 18.6. The third-order valence-electron chi connectivity index (χ3n) is 4.95. The highest BCUT2D eigenvalue weighted by molar-refractivity contribution is 14.0. The molecule has 1 unspecified atom stereocenters. The van der Waals surface area contributed by atoms with Gasteiger partial charge < -0.3 is 15.5 Å². The molecular weight excluding hydrogens is 482 g/mol. The van der Waals surface area contributed by atoms with Crippen LogP contribution in [0.2, 0.25) is 0 Å². The predicted molar refractivity (Wildman–Crippen MR) is 125 cm³/mol. The second-order valence-corrected chi connectivity index (χ2v) is 6.97. The van der Waals surface area contributed by atoms with Crippen LogP contribution in [-0.4, -0.2) is 50.0 Å². The van der Waals surface area contributed by atoms with Crippen molar-refractivity contribution in [3.05, 3.63) is 71.5 Å². The highest BCUT2D eigenvalue weighted by atomic mass is 127. The minimum Gasteiger partial charge on any atom is -0.354 e. The lowest BCUT2D eigenvalue weighted by Crippen LogP contribution is -2.43. The molecule has 1 atom stereocenters. The molecule has 29 heavy (non-hydrogen) atoms. The van der Waals surface area contributed by atoms with Gasteiger partial charge in [-0.3, -0.25) is 9.79 Å². The molecule has 7 heteroatoms. The van der Waals surface area contributed by atoms with Crippen molar-refractivity contribution >= 4 is 35.8 Å². The van der Waals surface area contributed by atoms with E-state index in [1.165, 1.54) is 17.7 Å². The third kappa shape index (κ3) is 6.99. The Labute approximate surface area is 188 Å². The lowest BCUT2D eigenvalue weighted by Gasteiger charge is -2.22. The van der Waals surface area contributed by atoms with Crippen LogP contribution in [0, 0.1) is 5.82 Å². The van der Waals surface area contributed by atoms with Crippen molar-refractivity contribution in [1.82, 2.24) is 15.5 Å². The van der Waals surface area contributed by atoms with Crippen molar-refractivity contribution in [3.63, 3.8) is 0 Å². The maximum Gasteiger partial charge on any atom is 0.224 e. The lowest BCUT2D eigenvalue weighted by molar-refractivity contribution is -0.120. The molecule has 3 rings (SSSR count). The van der Waals surface area contributed by atoms with Gasteiger partial charge in [0.25, 0.3) is 0 Å². The second-order valence-electron chi connectivity index (χ2n) is 6.97. The fourth-order valence-electron chi connectivity index (χ4n) is 3.55. The summed E-state index contributed by atoms with van der Waals surface area (Å²) in [6, 6.07) is 16.7. The molecule has 1 aliphatic heterocycles. The molecule has 0 radical (unpaired) electrons. The summed E-state index contributed by atoms with van der Waals surface area (Å²) in [5.41, 5.74) is 2.04. The van der Waals surface area contributed by atoms with E-state index in [-0.39, 0.29) is 42.1 Å². The van der Waals surface area contributed by atoms with Crippen LogP contribution in [0.25, 0.3) is 0 Å². The first-order valence-corrected chi connectivity index (χ1v) is 9.67. The van der Waals surface area contributed by atoms with Gasteiger partial charge in [-0.2, -0.15) is 0 Å². The number of nitrogens with one attached hydrogen (secondary N) is 2. The quantitative estimate of drug-likeness (QED) is 0.272. The number of benzene rings is 2. The molecular formula is C22H28FIN4O. The van der Waals surface area contributed by atoms with Crippen molar-refractivity contribution < 1.29 is 9.18 Å². The Bertz CT molecular complexity index is 815. The van der Waals surface area contributed by atoms with Crippen LogP contribution in [0.4, 0.5) is 4.39 Å². The van der Waals surface area contributed by atoms with Crippen LogP contribution in [-0.2, 0) is 11.2 Å². The summed E-state index contributed by atoms with van der Waals surface area (Å²) < 4.78 is 13.2. The van der Waals surface area contributed by atoms with Gasteiger partial charge in [0.2, 0.25) is 5.91 Å². The summed E-state index contributed by atoms with van der Waals surface area (Å²) in [7, 11) is 1.78. The topological polar surface area (TPSA) is 56.7 Å². The molecule has 1 amide bonds. The Morgan fingerprint density at radius 2 is 1.90 bits per heavy atom. The number of nitrogens with zero attached hydrogens (tertiary/aromatic N) is 2. The maximum absolute atomic E-state index is 13.2. The fourth-order valence-corrected chi connectivity index (χ4v) is 3.55. The Balaban J connectivity index is 0.00000300. The van der Waals surface area contributed by atoms with E-state index in [4.69, 9.17) is 0 Å². The number of amides is 1. The maximum atomic E-state index is 13.2. The SMILES string of the molecule is CN=C(NCCNC(=O)Cc1cccc(F)c1)N1CCC(c2ccccc2)C1.I. The molecule has 2 N–H and O–H groups in total. The van der Waals surface area contributed by atoms with Gasteiger partial charge in [0, 0.05) is 39.1 Å². The Morgan fingerprint density at radius 1 is 1.14 bits per heavy atom. The highest BCUT2D eigenvalue weighted by Crippen LogP contribution is 2.26. The van der Waals surface area contributed by atoms with Crippen molar-refractivity contribution in [1.29, 1.82) is 0 Å². The molecule has 0 spiro atoms. The molecule has 1 aliphatic rings. The molecule has 5 nitrogen and oxygen atoms in total. The van der Waals surface area contributed by atoms with Gasteiger partial charge in [-0.1, -0.05) is 42.5 Å². The van der Waals surface area contributed by atoms with Gasteiger partial charge in [-0.25, -0.2) is 4.39 Å². The molecule has 156 valence electrons. The molecule has 2 aromatic carbocycles. The van der Waals surface area contributed by atoms with Gasteiger partial charge in [-0.15, -0.1) is 24.0 Å². The van der Waals surface area contributed by atoms with Crippen molar-refractivity contribution in [3.8, 4) is 0 Å². The van der Waals surface area contributed by atoms with Crippen molar-refractivity contribution in [2.75, 3.05) is 33.2 Å². The molecule has 0 aliphatic carbocycles. The molecule has 0 bridgehead atoms. The molecule has 1 fully saturated rings. The first kappa shape index (κ1) is 23.1. The van der Waals surface area contributed by atoms with Gasteiger partial charge >= 0.3 is 0 Å². The summed E-state index contributed by atoms with van der Waals surface area (Å²) >= 11 is 0. The van der Waals surface area contributed by atoms with E-state index < -0.39 is 0 Å². The van der Waals surface area contributed by atoms with E-state index in [1.54, 1.807) is 19.2 Å². The second kappa shape index (κ2) is 11.7. The lowest BCUT2D eigenvalue weighted by atomic mass is 9.99. The zero-order valence-electron chi connectivity index (χ0n) is 16.6. The Hall–Kier alpha value is -2.16. The molecule has 2 aromatic rings. The third-order valence-corrected chi connectivity index (χ3v) is 4.95. The largest absolute Gasteiger partial charge is 0.354 e. The summed E-state index contributed by atoms with van der Waals surface area (Å²) in [6.07, 6.45) is 1.28. The smallest absolute Gasteiger partial charge is 0.224 e. The van der Waals surface area contributed by atoms with Crippen LogP contribution in [0.15, 0.2) is 59.6 Å². The Morgan fingerprint density at radius 3 is 2.62 bits per heavy atom. The number of carbonyl (C=O) groups is 1. The van der Waals surface area contributed by atoms with Crippen LogP contribution in [0.3, 0.4) is 0 Å². The number of likely N-dealkylation sites (tertiary alicyclic amines) is 1. The number of hydrogen-bond donors (Lipinski definition) is 2. The number of carbonyl (C=O) groups excluding carboxylic acids is 1. The van der Waals surface area contributed by atoms with Crippen LogP contribution < -0.4 is 10.6 Å². The normalized spacial score (nSPS) is 16.3. The first-order valence-electron chi connectivity index (χ1n) is 9.67. The summed E-state index contributed by atoms with van der Waals surface area (Å²) in [6.45, 7) is 2.98. The van der Waals surface area contributed by atoms with E-state index in [0.29, 0.717) is 24.6 Å². The molecule has 1 saturated heterocycles. The van der Waals surface area contributed by atoms with Crippen molar-refractivity contribution in [2.24, 2.45) is 4.99 Å². The highest BCUT2D eigenvalue weighted by Gasteiger charge is 2.25. The van der Waals surface area contributed by atoms with E-state index in [1.807, 2.05) is 6.07 Å². The van der Waals surface area contributed by atoms with E-state index in [2.05, 4.69) is 44.8 Å². The standard InChI is InChI=1S/C22H27FN4O.HI/c1-24-22(27-13-10-19(16-27)18-7-3-2-4-8-18)26-12-11-25-21(28)15-17-6-5-9-20(23)14-17;/h2-9,14,19H,10-13,15-16H2,1H3,(H,24,26)(H,25,28);1H. The van der Waals surface area contributed by atoms with Gasteiger partial charge in [0.05, 0.1) is 6.42 Å². The fraction of sp³-hybridized carbons (Fsp3) is 0.364. The minimum absolute atomic E-state index is 0. The van der Waals surface area contributed by atoms with Gasteiger partial charge in [0.15, 0.2) is 5.96 Å². The zero-order valence-corrected chi connectivity index (χ0v) is 18.9. The Kier molecular flexibility index (Phi) is 9.37. The van der Waals surface area contributed by atoms with Crippen molar-refractivity contribution in [2.45, 2.75) is 18.8 Å². The summed E-state index contributed by atoms with van der Waals surface area (Å²) in [5, 5.41) is 6.17. The molecule has 0 aromatic heterocycles. The minimum atomic E-state index is -0.324. The van der Waals surface area contributed by atoms with E-state index in [9.17, 15) is 9.18 Å². The zero-order chi connectivity index (χ0) is 19.8. The summed E-state index contributed by atoms with van der Waals surface area (Å²) in [5.74, 6) is 0.936. The monoisotopic (exact) mass is 510 g/mol. The van der Waals surface area contributed by atoms with Crippen LogP contribution in [0.1, 0.15) is 23.5 Å². The van der Waals surface area contributed by atoms with E-state index >= 15 is 0 Å². The van der Waals surface area contributed by atoms with Crippen LogP contribution >= 0.6 is 24.0 Å². The average Bonchev–Trinajstić information content (AvgIpc) is 3.19. The first-order chi connectivity index (χ1) is 13.7. The average molecular weight is 510 g/mol. The van der Waals surface area contributed by atoms with Gasteiger partial charge in [-0.05, 0) is 29.7 Å². The number of guanidine groups is 1. The molecule has 1 heterocycles.